The molecule has 0 spiro atoms. The van der Waals surface area contributed by atoms with Crippen LogP contribution in [-0.2, 0) is 4.74 Å². The lowest BCUT2D eigenvalue weighted by Gasteiger charge is -2.36. The van der Waals surface area contributed by atoms with Crippen LogP contribution in [0.3, 0.4) is 0 Å². The number of aromatic carboxylic acids is 1. The minimum Gasteiger partial charge on any atom is -0.478 e. The van der Waals surface area contributed by atoms with Crippen molar-refractivity contribution in [3.63, 3.8) is 0 Å². The minimum atomic E-state index is -0.946. The molecule has 0 bridgehead atoms. The number of rotatable bonds is 5. The molecule has 2 aliphatic rings. The van der Waals surface area contributed by atoms with E-state index >= 15 is 0 Å². The summed E-state index contributed by atoms with van der Waals surface area (Å²) >= 11 is 0. The lowest BCUT2D eigenvalue weighted by Crippen LogP contribution is -2.49. The minimum absolute atomic E-state index is 0.0361. The first-order valence-corrected chi connectivity index (χ1v) is 11.9. The highest BCUT2D eigenvalue weighted by Crippen LogP contribution is 2.44. The van der Waals surface area contributed by atoms with E-state index in [4.69, 9.17) is 4.74 Å². The van der Waals surface area contributed by atoms with Crippen molar-refractivity contribution >= 4 is 23.4 Å². The van der Waals surface area contributed by atoms with Crippen LogP contribution < -0.4 is 10.2 Å². The van der Waals surface area contributed by atoms with Gasteiger partial charge >= 0.3 is 12.1 Å². The van der Waals surface area contributed by atoms with E-state index in [2.05, 4.69) is 34.5 Å². The molecule has 5 rings (SSSR count). The van der Waals surface area contributed by atoms with E-state index < -0.39 is 5.97 Å². The normalized spacial score (nSPS) is 14.9. The first kappa shape index (κ1) is 22.8. The van der Waals surface area contributed by atoms with E-state index in [1.807, 2.05) is 37.3 Å². The van der Waals surface area contributed by atoms with Crippen LogP contribution in [0.4, 0.5) is 16.2 Å². The summed E-state index contributed by atoms with van der Waals surface area (Å²) in [7, 11) is 1.77. The third kappa shape index (κ3) is 4.18. The Morgan fingerprint density at radius 1 is 0.971 bits per heavy atom. The second-order valence-electron chi connectivity index (χ2n) is 9.00. The van der Waals surface area contributed by atoms with Gasteiger partial charge in [-0.1, -0.05) is 48.5 Å². The van der Waals surface area contributed by atoms with Gasteiger partial charge in [-0.05, 0) is 46.9 Å². The van der Waals surface area contributed by atoms with E-state index in [0.29, 0.717) is 32.8 Å². The molecule has 1 aliphatic heterocycles. The molecule has 3 aromatic carbocycles. The number of carboxylic acids is 1. The lowest BCUT2D eigenvalue weighted by atomic mass is 9.98. The largest absolute Gasteiger partial charge is 0.478 e. The van der Waals surface area contributed by atoms with Gasteiger partial charge in [0.15, 0.2) is 0 Å². The Balaban J connectivity index is 1.24. The van der Waals surface area contributed by atoms with Crippen LogP contribution in [0.25, 0.3) is 11.1 Å². The number of carbonyl (C=O) groups excluding carboxylic acids is 1. The van der Waals surface area contributed by atoms with Crippen molar-refractivity contribution in [1.29, 1.82) is 0 Å². The number of amides is 1. The number of nitrogens with one attached hydrogen (secondary N) is 1. The fraction of sp³-hybridized carbons (Fsp3) is 0.286. The Labute approximate surface area is 204 Å². The van der Waals surface area contributed by atoms with Gasteiger partial charge in [-0.15, -0.1) is 0 Å². The predicted molar refractivity (Wildman–Crippen MR) is 137 cm³/mol. The number of anilines is 2. The van der Waals surface area contributed by atoms with Crippen LogP contribution in [0, 0.1) is 6.92 Å². The van der Waals surface area contributed by atoms with Crippen molar-refractivity contribution in [2.75, 3.05) is 50.1 Å². The maximum Gasteiger partial charge on any atom is 0.409 e. The molecule has 1 fully saturated rings. The van der Waals surface area contributed by atoms with E-state index in [9.17, 15) is 14.7 Å². The molecule has 7 heteroatoms. The molecule has 2 N–H and O–H groups in total. The van der Waals surface area contributed by atoms with Gasteiger partial charge in [-0.3, -0.25) is 0 Å². The Hall–Kier alpha value is -4.00. The van der Waals surface area contributed by atoms with Crippen molar-refractivity contribution < 1.29 is 19.4 Å². The molecule has 0 aromatic heterocycles. The van der Waals surface area contributed by atoms with Crippen molar-refractivity contribution in [3.05, 3.63) is 82.9 Å². The van der Waals surface area contributed by atoms with Crippen LogP contribution in [0.5, 0.6) is 0 Å². The summed E-state index contributed by atoms with van der Waals surface area (Å²) < 4.78 is 5.81. The molecule has 35 heavy (non-hydrogen) atoms. The van der Waals surface area contributed by atoms with Gasteiger partial charge < -0.3 is 25.0 Å². The zero-order valence-corrected chi connectivity index (χ0v) is 20.0. The van der Waals surface area contributed by atoms with Crippen molar-refractivity contribution in [2.24, 2.45) is 0 Å². The highest BCUT2D eigenvalue weighted by atomic mass is 16.6. The average Bonchev–Trinajstić information content (AvgIpc) is 3.21. The fourth-order valence-electron chi connectivity index (χ4n) is 5.21. The SMILES string of the molecule is CNc1cc(C(=O)O)c(C)c(N2CCN(C(=O)OCC3c4ccccc4-c4ccccc43)CC2)c1. The number of ether oxygens (including phenoxy) is 1. The van der Waals surface area contributed by atoms with Crippen LogP contribution in [0.2, 0.25) is 0 Å². The molecule has 0 saturated carbocycles. The molecular weight excluding hydrogens is 442 g/mol. The van der Waals surface area contributed by atoms with Crippen molar-refractivity contribution in [2.45, 2.75) is 12.8 Å². The summed E-state index contributed by atoms with van der Waals surface area (Å²) in [5.41, 5.74) is 7.44. The van der Waals surface area contributed by atoms with Crippen LogP contribution in [0.1, 0.15) is 33.0 Å². The molecule has 3 aromatic rings. The van der Waals surface area contributed by atoms with Crippen LogP contribution in [-0.4, -0.2) is 61.9 Å². The van der Waals surface area contributed by atoms with Crippen molar-refractivity contribution in [1.82, 2.24) is 4.90 Å². The number of fused-ring (bicyclic) bond motifs is 3. The molecule has 0 atom stereocenters. The summed E-state index contributed by atoms with van der Waals surface area (Å²) in [6, 6.07) is 20.2. The number of carboxylic acid groups (broad SMARTS) is 1. The Bertz CT molecular complexity index is 1240. The summed E-state index contributed by atoms with van der Waals surface area (Å²) in [6.45, 7) is 4.38. The van der Waals surface area contributed by atoms with Gasteiger partial charge in [-0.25, -0.2) is 9.59 Å². The molecule has 1 saturated heterocycles. The zero-order chi connectivity index (χ0) is 24.5. The maximum atomic E-state index is 12.9. The van der Waals surface area contributed by atoms with E-state index in [-0.39, 0.29) is 17.6 Å². The number of hydrogen-bond acceptors (Lipinski definition) is 5. The highest BCUT2D eigenvalue weighted by Gasteiger charge is 2.30. The third-order valence-corrected chi connectivity index (χ3v) is 7.11. The summed E-state index contributed by atoms with van der Waals surface area (Å²) in [4.78, 5) is 28.5. The van der Waals surface area contributed by atoms with E-state index in [1.54, 1.807) is 18.0 Å². The number of nitrogens with zero attached hydrogens (tertiary/aromatic N) is 2. The number of piperazine rings is 1. The summed E-state index contributed by atoms with van der Waals surface area (Å²) in [5, 5.41) is 12.6. The van der Waals surface area contributed by atoms with Crippen LogP contribution in [0.15, 0.2) is 60.7 Å². The molecular formula is C28H29N3O4. The topological polar surface area (TPSA) is 82.1 Å². The Kier molecular flexibility index (Phi) is 6.07. The van der Waals surface area contributed by atoms with Gasteiger partial charge in [0.2, 0.25) is 0 Å². The standard InChI is InChI=1S/C28H29N3O4/c1-18-24(27(32)33)15-19(29-2)16-26(18)30-11-13-31(14-12-30)28(34)35-17-25-22-9-5-3-7-20(22)21-8-4-6-10-23(21)25/h3-10,15-16,25,29H,11-14,17H2,1-2H3,(H,32,33). The molecule has 1 aliphatic carbocycles. The smallest absolute Gasteiger partial charge is 0.409 e. The van der Waals surface area contributed by atoms with Gasteiger partial charge in [0.25, 0.3) is 0 Å². The predicted octanol–water partition coefficient (Wildman–Crippen LogP) is 4.81. The third-order valence-electron chi connectivity index (χ3n) is 7.11. The molecule has 7 nitrogen and oxygen atoms in total. The molecule has 1 heterocycles. The summed E-state index contributed by atoms with van der Waals surface area (Å²) in [6.07, 6.45) is -0.307. The molecule has 0 radical (unpaired) electrons. The molecule has 180 valence electrons. The molecule has 1 amide bonds. The van der Waals surface area contributed by atoms with Gasteiger partial charge in [-0.2, -0.15) is 0 Å². The van der Waals surface area contributed by atoms with Gasteiger partial charge in [0.1, 0.15) is 6.61 Å². The van der Waals surface area contributed by atoms with E-state index in [0.717, 1.165) is 16.9 Å². The van der Waals surface area contributed by atoms with Gasteiger partial charge in [0.05, 0.1) is 5.56 Å². The lowest BCUT2D eigenvalue weighted by molar-refractivity contribution is 0.0696. The van der Waals surface area contributed by atoms with Crippen molar-refractivity contribution in [3.8, 4) is 11.1 Å². The Morgan fingerprint density at radius 2 is 1.57 bits per heavy atom. The monoisotopic (exact) mass is 471 g/mol. The second kappa shape index (κ2) is 9.33. The molecule has 0 unspecified atom stereocenters. The number of hydrogen-bond donors (Lipinski definition) is 2. The zero-order valence-electron chi connectivity index (χ0n) is 20.0. The maximum absolute atomic E-state index is 12.9. The first-order chi connectivity index (χ1) is 17.0. The second-order valence-corrected chi connectivity index (χ2v) is 9.00. The quantitative estimate of drug-likeness (QED) is 0.556. The Morgan fingerprint density at radius 3 is 2.14 bits per heavy atom. The average molecular weight is 472 g/mol. The summed E-state index contributed by atoms with van der Waals surface area (Å²) in [5.74, 6) is -0.910. The van der Waals surface area contributed by atoms with E-state index in [1.165, 1.54) is 22.3 Å². The number of carbonyl (C=O) groups is 2. The van der Waals surface area contributed by atoms with Crippen LogP contribution >= 0.6 is 0 Å². The van der Waals surface area contributed by atoms with Gasteiger partial charge in [0, 0.05) is 50.5 Å². The first-order valence-electron chi connectivity index (χ1n) is 11.9. The highest BCUT2D eigenvalue weighted by molar-refractivity contribution is 5.93. The number of benzene rings is 3. The fourth-order valence-corrected chi connectivity index (χ4v) is 5.21.